The van der Waals surface area contributed by atoms with Crippen LogP contribution in [0.15, 0.2) is 72.8 Å². The van der Waals surface area contributed by atoms with E-state index in [9.17, 15) is 0 Å². The maximum Gasteiger partial charge on any atom is 0.0491 e. The quantitative estimate of drug-likeness (QED) is 0.747. The summed E-state index contributed by atoms with van der Waals surface area (Å²) in [6.45, 7) is 4.96. The summed E-state index contributed by atoms with van der Waals surface area (Å²) < 4.78 is 0. The van der Waals surface area contributed by atoms with E-state index >= 15 is 0 Å². The Balaban J connectivity index is 2.01. The van der Waals surface area contributed by atoms with Crippen LogP contribution in [0.25, 0.3) is 0 Å². The van der Waals surface area contributed by atoms with Crippen molar-refractivity contribution >= 4 is 0 Å². The monoisotopic (exact) mass is 295 g/mol. The fourth-order valence-corrected chi connectivity index (χ4v) is 2.37. The fraction of sp³-hybridized carbons (Fsp3) is 0.300. The Bertz CT molecular complexity index is 509. The van der Waals surface area contributed by atoms with Crippen molar-refractivity contribution in [2.24, 2.45) is 5.92 Å². The number of aliphatic hydroxyl groups is 1. The van der Waals surface area contributed by atoms with Crippen molar-refractivity contribution in [1.29, 1.82) is 0 Å². The van der Waals surface area contributed by atoms with Crippen LogP contribution in [-0.2, 0) is 13.1 Å². The smallest absolute Gasteiger partial charge is 0.0491 e. The highest BCUT2D eigenvalue weighted by Crippen LogP contribution is 2.10. The minimum absolute atomic E-state index is 0.202. The van der Waals surface area contributed by atoms with Gasteiger partial charge in [-0.3, -0.25) is 4.90 Å². The maximum absolute atomic E-state index is 9.11. The molecule has 0 radical (unpaired) electrons. The Morgan fingerprint density at radius 1 is 0.909 bits per heavy atom. The van der Waals surface area contributed by atoms with Gasteiger partial charge in [0.05, 0.1) is 0 Å². The minimum Gasteiger partial charge on any atom is -0.396 e. The van der Waals surface area contributed by atoms with Crippen molar-refractivity contribution in [2.45, 2.75) is 20.0 Å². The van der Waals surface area contributed by atoms with Crippen LogP contribution in [0.2, 0.25) is 0 Å². The summed E-state index contributed by atoms with van der Waals surface area (Å²) in [6.07, 6.45) is 4.25. The number of benzene rings is 2. The Labute approximate surface area is 133 Å². The summed E-state index contributed by atoms with van der Waals surface area (Å²) >= 11 is 0. The zero-order chi connectivity index (χ0) is 15.6. The van der Waals surface area contributed by atoms with Gasteiger partial charge >= 0.3 is 0 Å². The first-order chi connectivity index (χ1) is 10.8. The Morgan fingerprint density at radius 2 is 1.41 bits per heavy atom. The molecule has 0 aromatic heterocycles. The molecule has 0 saturated carbocycles. The van der Waals surface area contributed by atoms with E-state index in [1.54, 1.807) is 0 Å². The largest absolute Gasteiger partial charge is 0.396 e. The van der Waals surface area contributed by atoms with E-state index in [-0.39, 0.29) is 12.5 Å². The molecular formula is C20H25NO. The van der Waals surface area contributed by atoms with Gasteiger partial charge in [0, 0.05) is 26.2 Å². The van der Waals surface area contributed by atoms with Crippen molar-refractivity contribution in [1.82, 2.24) is 4.90 Å². The van der Waals surface area contributed by atoms with E-state index in [2.05, 4.69) is 65.6 Å². The summed E-state index contributed by atoms with van der Waals surface area (Å²) in [5.41, 5.74) is 2.64. The molecule has 1 unspecified atom stereocenters. The molecular weight excluding hydrogens is 270 g/mol. The molecule has 2 nitrogen and oxygen atoms in total. The molecule has 0 spiro atoms. The molecule has 0 saturated heterocycles. The third-order valence-electron chi connectivity index (χ3n) is 3.61. The minimum atomic E-state index is 0.202. The van der Waals surface area contributed by atoms with Crippen molar-refractivity contribution in [3.05, 3.63) is 83.9 Å². The summed E-state index contributed by atoms with van der Waals surface area (Å²) in [5.74, 6) is 0.218. The van der Waals surface area contributed by atoms with Gasteiger partial charge in [-0.05, 0) is 17.0 Å². The van der Waals surface area contributed by atoms with Crippen molar-refractivity contribution in [3.8, 4) is 0 Å². The van der Waals surface area contributed by atoms with Gasteiger partial charge in [-0.25, -0.2) is 0 Å². The molecule has 0 heterocycles. The molecule has 0 aliphatic rings. The molecule has 1 N–H and O–H groups in total. The average Bonchev–Trinajstić information content (AvgIpc) is 2.56. The molecule has 0 bridgehead atoms. The van der Waals surface area contributed by atoms with E-state index in [0.717, 1.165) is 19.6 Å². The molecule has 1 atom stereocenters. The zero-order valence-electron chi connectivity index (χ0n) is 13.2. The summed E-state index contributed by atoms with van der Waals surface area (Å²) in [4.78, 5) is 2.41. The molecule has 2 heteroatoms. The Hall–Kier alpha value is -1.90. The fourth-order valence-electron chi connectivity index (χ4n) is 2.37. The lowest BCUT2D eigenvalue weighted by molar-refractivity contribution is 0.259. The average molecular weight is 295 g/mol. The van der Waals surface area contributed by atoms with E-state index in [0.29, 0.717) is 0 Å². The van der Waals surface area contributed by atoms with Crippen LogP contribution in [0.4, 0.5) is 0 Å². The van der Waals surface area contributed by atoms with Crippen molar-refractivity contribution in [3.63, 3.8) is 0 Å². The molecule has 116 valence electrons. The van der Waals surface area contributed by atoms with Crippen LogP contribution in [-0.4, -0.2) is 23.2 Å². The van der Waals surface area contributed by atoms with Crippen LogP contribution in [0.3, 0.4) is 0 Å². The van der Waals surface area contributed by atoms with Gasteiger partial charge in [0.1, 0.15) is 0 Å². The first-order valence-corrected chi connectivity index (χ1v) is 7.85. The summed E-state index contributed by atoms with van der Waals surface area (Å²) in [6, 6.07) is 21.1. The second-order valence-electron chi connectivity index (χ2n) is 5.73. The van der Waals surface area contributed by atoms with Crippen molar-refractivity contribution in [2.75, 3.05) is 13.2 Å². The number of nitrogens with zero attached hydrogens (tertiary/aromatic N) is 1. The second kappa shape index (κ2) is 9.19. The van der Waals surface area contributed by atoms with Gasteiger partial charge in [-0.15, -0.1) is 0 Å². The Kier molecular flexibility index (Phi) is 6.88. The first kappa shape index (κ1) is 16.5. The highest BCUT2D eigenvalue weighted by molar-refractivity contribution is 5.17. The summed E-state index contributed by atoms with van der Waals surface area (Å²) in [5, 5.41) is 9.11. The number of aliphatic hydroxyl groups excluding tert-OH is 1. The van der Waals surface area contributed by atoms with Gasteiger partial charge in [-0.2, -0.15) is 0 Å². The van der Waals surface area contributed by atoms with E-state index < -0.39 is 0 Å². The van der Waals surface area contributed by atoms with Gasteiger partial charge < -0.3 is 5.11 Å². The molecule has 0 amide bonds. The van der Waals surface area contributed by atoms with E-state index in [4.69, 9.17) is 5.11 Å². The standard InChI is InChI=1S/C20H25NO/c1-18(17-22)9-8-14-21(15-19-10-4-2-5-11-19)16-20-12-6-3-7-13-20/h2-13,18,22H,14-17H2,1H3/b9-8+. The molecule has 22 heavy (non-hydrogen) atoms. The molecule has 2 aromatic carbocycles. The number of rotatable bonds is 8. The maximum atomic E-state index is 9.11. The highest BCUT2D eigenvalue weighted by Gasteiger charge is 2.05. The zero-order valence-corrected chi connectivity index (χ0v) is 13.2. The van der Waals surface area contributed by atoms with E-state index in [1.807, 2.05) is 19.1 Å². The third-order valence-corrected chi connectivity index (χ3v) is 3.61. The van der Waals surface area contributed by atoms with Crippen LogP contribution >= 0.6 is 0 Å². The summed E-state index contributed by atoms with van der Waals surface area (Å²) in [7, 11) is 0. The van der Waals surface area contributed by atoms with Gasteiger partial charge in [0.2, 0.25) is 0 Å². The van der Waals surface area contributed by atoms with Crippen LogP contribution < -0.4 is 0 Å². The predicted octanol–water partition coefficient (Wildman–Crippen LogP) is 3.87. The van der Waals surface area contributed by atoms with E-state index in [1.165, 1.54) is 11.1 Å². The molecule has 2 rings (SSSR count). The topological polar surface area (TPSA) is 23.5 Å². The number of hydrogen-bond donors (Lipinski definition) is 1. The molecule has 0 fully saturated rings. The van der Waals surface area contributed by atoms with Crippen LogP contribution in [0.5, 0.6) is 0 Å². The first-order valence-electron chi connectivity index (χ1n) is 7.85. The number of hydrogen-bond acceptors (Lipinski definition) is 2. The van der Waals surface area contributed by atoms with Gasteiger partial charge in [0.15, 0.2) is 0 Å². The third kappa shape index (κ3) is 5.84. The van der Waals surface area contributed by atoms with Gasteiger partial charge in [-0.1, -0.05) is 79.7 Å². The Morgan fingerprint density at radius 3 is 1.86 bits per heavy atom. The molecule has 2 aromatic rings. The second-order valence-corrected chi connectivity index (χ2v) is 5.73. The SMILES string of the molecule is CC(/C=C/CN(Cc1ccccc1)Cc1ccccc1)CO. The lowest BCUT2D eigenvalue weighted by Crippen LogP contribution is -2.23. The normalized spacial score (nSPS) is 12.9. The lowest BCUT2D eigenvalue weighted by Gasteiger charge is -2.21. The van der Waals surface area contributed by atoms with Crippen molar-refractivity contribution < 1.29 is 5.11 Å². The lowest BCUT2D eigenvalue weighted by atomic mass is 10.1. The predicted molar refractivity (Wildman–Crippen MR) is 92.4 cm³/mol. The molecule has 0 aliphatic carbocycles. The van der Waals surface area contributed by atoms with Crippen LogP contribution in [0.1, 0.15) is 18.1 Å². The van der Waals surface area contributed by atoms with Crippen LogP contribution in [0, 0.1) is 5.92 Å². The molecule has 0 aliphatic heterocycles. The van der Waals surface area contributed by atoms with Gasteiger partial charge in [0.25, 0.3) is 0 Å². The highest BCUT2D eigenvalue weighted by atomic mass is 16.3.